The van der Waals surface area contributed by atoms with Gasteiger partial charge in [-0.15, -0.1) is 0 Å². The fourth-order valence-electron chi connectivity index (χ4n) is 3.26. The number of ether oxygens (including phenoxy) is 2. The smallest absolute Gasteiger partial charge is 0.225 e. The summed E-state index contributed by atoms with van der Waals surface area (Å²) in [6.45, 7) is 7.09. The SMILES string of the molecule is CCOc1cc2c(cc1OCC)[C@@H](c1ccccc1C)CC(=O)N2. The monoisotopic (exact) mass is 325 g/mol. The van der Waals surface area contributed by atoms with Gasteiger partial charge < -0.3 is 14.8 Å². The van der Waals surface area contributed by atoms with Gasteiger partial charge in [-0.3, -0.25) is 4.79 Å². The zero-order chi connectivity index (χ0) is 17.1. The van der Waals surface area contributed by atoms with Gasteiger partial charge in [-0.1, -0.05) is 24.3 Å². The molecular weight excluding hydrogens is 302 g/mol. The summed E-state index contributed by atoms with van der Waals surface area (Å²) < 4.78 is 11.4. The number of hydrogen-bond donors (Lipinski definition) is 1. The predicted octanol–water partition coefficient (Wildman–Crippen LogP) is 4.27. The number of hydrogen-bond acceptors (Lipinski definition) is 3. The molecule has 1 N–H and O–H groups in total. The minimum Gasteiger partial charge on any atom is -0.490 e. The Balaban J connectivity index is 2.12. The third-order valence-corrected chi connectivity index (χ3v) is 4.32. The topological polar surface area (TPSA) is 47.6 Å². The molecule has 0 fully saturated rings. The molecule has 0 saturated carbocycles. The molecule has 126 valence electrons. The van der Waals surface area contributed by atoms with Crippen LogP contribution in [0.25, 0.3) is 0 Å². The van der Waals surface area contributed by atoms with Crippen LogP contribution in [0.3, 0.4) is 0 Å². The Morgan fingerprint density at radius 2 is 1.71 bits per heavy atom. The molecule has 2 aromatic carbocycles. The number of aryl methyl sites for hydroxylation is 1. The van der Waals surface area contributed by atoms with Crippen LogP contribution in [0.5, 0.6) is 11.5 Å². The van der Waals surface area contributed by atoms with Gasteiger partial charge in [-0.2, -0.15) is 0 Å². The second kappa shape index (κ2) is 6.95. The molecule has 2 aromatic rings. The number of nitrogens with one attached hydrogen (secondary N) is 1. The Bertz CT molecular complexity index is 755. The van der Waals surface area contributed by atoms with Crippen LogP contribution in [0.1, 0.15) is 42.9 Å². The molecule has 0 aromatic heterocycles. The molecular formula is C20H23NO3. The normalized spacial score (nSPS) is 16.3. The molecule has 1 atom stereocenters. The molecule has 24 heavy (non-hydrogen) atoms. The maximum absolute atomic E-state index is 12.2. The van der Waals surface area contributed by atoms with Gasteiger partial charge in [0.05, 0.1) is 13.2 Å². The van der Waals surface area contributed by atoms with Gasteiger partial charge in [0.25, 0.3) is 0 Å². The van der Waals surface area contributed by atoms with E-state index < -0.39 is 0 Å². The highest BCUT2D eigenvalue weighted by Gasteiger charge is 2.29. The fraction of sp³-hybridized carbons (Fsp3) is 0.350. The second-order valence-electron chi connectivity index (χ2n) is 5.91. The molecule has 4 nitrogen and oxygen atoms in total. The third kappa shape index (κ3) is 3.09. The van der Waals surface area contributed by atoms with E-state index in [2.05, 4.69) is 24.4 Å². The number of rotatable bonds is 5. The average Bonchev–Trinajstić information content (AvgIpc) is 2.56. The highest BCUT2D eigenvalue weighted by atomic mass is 16.5. The van der Waals surface area contributed by atoms with Crippen molar-refractivity contribution in [3.05, 3.63) is 53.1 Å². The largest absolute Gasteiger partial charge is 0.490 e. The molecule has 0 aliphatic carbocycles. The first-order chi connectivity index (χ1) is 11.6. The van der Waals surface area contributed by atoms with Gasteiger partial charge in [0.15, 0.2) is 11.5 Å². The Kier molecular flexibility index (Phi) is 4.74. The first kappa shape index (κ1) is 16.4. The van der Waals surface area contributed by atoms with Crippen LogP contribution in [0.15, 0.2) is 36.4 Å². The van der Waals surface area contributed by atoms with Crippen molar-refractivity contribution < 1.29 is 14.3 Å². The number of benzene rings is 2. The molecule has 3 rings (SSSR count). The highest BCUT2D eigenvalue weighted by Crippen LogP contribution is 2.43. The summed E-state index contributed by atoms with van der Waals surface area (Å²) in [6, 6.07) is 12.1. The van der Waals surface area contributed by atoms with Crippen molar-refractivity contribution in [3.8, 4) is 11.5 Å². The predicted molar refractivity (Wildman–Crippen MR) is 95.0 cm³/mol. The molecule has 1 aliphatic heterocycles. The van der Waals surface area contributed by atoms with E-state index in [0.29, 0.717) is 25.4 Å². The molecule has 0 spiro atoms. The van der Waals surface area contributed by atoms with Crippen LogP contribution in [-0.2, 0) is 4.79 Å². The van der Waals surface area contributed by atoms with Crippen LogP contribution >= 0.6 is 0 Å². The average molecular weight is 325 g/mol. The lowest BCUT2D eigenvalue weighted by Gasteiger charge is -2.28. The van der Waals surface area contributed by atoms with Gasteiger partial charge in [0, 0.05) is 24.1 Å². The zero-order valence-corrected chi connectivity index (χ0v) is 14.4. The van der Waals surface area contributed by atoms with Crippen molar-refractivity contribution in [2.24, 2.45) is 0 Å². The van der Waals surface area contributed by atoms with Gasteiger partial charge in [0.1, 0.15) is 0 Å². The highest BCUT2D eigenvalue weighted by molar-refractivity contribution is 5.96. The van der Waals surface area contributed by atoms with Crippen LogP contribution in [0.2, 0.25) is 0 Å². The first-order valence-electron chi connectivity index (χ1n) is 8.43. The first-order valence-corrected chi connectivity index (χ1v) is 8.43. The van der Waals surface area contributed by atoms with Gasteiger partial charge in [-0.25, -0.2) is 0 Å². The van der Waals surface area contributed by atoms with E-state index in [1.165, 1.54) is 11.1 Å². The van der Waals surface area contributed by atoms with Gasteiger partial charge in [-0.05, 0) is 43.5 Å². The maximum Gasteiger partial charge on any atom is 0.225 e. The lowest BCUT2D eigenvalue weighted by molar-refractivity contribution is -0.116. The molecule has 0 bridgehead atoms. The minimum absolute atomic E-state index is 0.0300. The van der Waals surface area contributed by atoms with E-state index >= 15 is 0 Å². The van der Waals surface area contributed by atoms with E-state index in [1.807, 2.05) is 38.1 Å². The lowest BCUT2D eigenvalue weighted by atomic mass is 9.82. The zero-order valence-electron chi connectivity index (χ0n) is 14.4. The Morgan fingerprint density at radius 1 is 1.04 bits per heavy atom. The van der Waals surface area contributed by atoms with Crippen molar-refractivity contribution in [1.29, 1.82) is 0 Å². The Labute approximate surface area is 142 Å². The molecule has 0 saturated heterocycles. The van der Waals surface area contributed by atoms with Gasteiger partial charge >= 0.3 is 0 Å². The maximum atomic E-state index is 12.2. The van der Waals surface area contributed by atoms with E-state index in [0.717, 1.165) is 17.0 Å². The molecule has 4 heteroatoms. The third-order valence-electron chi connectivity index (χ3n) is 4.32. The van der Waals surface area contributed by atoms with Crippen molar-refractivity contribution in [2.75, 3.05) is 18.5 Å². The van der Waals surface area contributed by atoms with Crippen molar-refractivity contribution >= 4 is 11.6 Å². The Hall–Kier alpha value is -2.49. The molecule has 1 amide bonds. The summed E-state index contributed by atoms with van der Waals surface area (Å²) in [4.78, 5) is 12.2. The number of anilines is 1. The summed E-state index contributed by atoms with van der Waals surface area (Å²) in [5.41, 5.74) is 4.26. The van der Waals surface area contributed by atoms with Crippen LogP contribution in [-0.4, -0.2) is 19.1 Å². The summed E-state index contributed by atoms with van der Waals surface area (Å²) in [6.07, 6.45) is 0.442. The standard InChI is InChI=1S/C20H23NO3/c1-4-23-18-10-16-15(14-9-7-6-8-13(14)3)11-20(22)21-17(16)12-19(18)24-5-2/h6-10,12,15H,4-5,11H2,1-3H3,(H,21,22)/t15-/m1/s1. The lowest BCUT2D eigenvalue weighted by Crippen LogP contribution is -2.24. The van der Waals surface area contributed by atoms with Crippen LogP contribution in [0.4, 0.5) is 5.69 Å². The summed E-state index contributed by atoms with van der Waals surface area (Å²) in [5.74, 6) is 1.46. The van der Waals surface area contributed by atoms with Crippen LogP contribution in [0, 0.1) is 6.92 Å². The molecule has 1 heterocycles. The summed E-state index contributed by atoms with van der Waals surface area (Å²) >= 11 is 0. The minimum atomic E-state index is 0.0300. The van der Waals surface area contributed by atoms with Crippen LogP contribution < -0.4 is 14.8 Å². The quantitative estimate of drug-likeness (QED) is 0.893. The summed E-state index contributed by atoms with van der Waals surface area (Å²) in [5, 5.41) is 2.97. The van der Waals surface area contributed by atoms with Gasteiger partial charge in [0.2, 0.25) is 5.91 Å². The van der Waals surface area contributed by atoms with Crippen molar-refractivity contribution in [2.45, 2.75) is 33.1 Å². The number of amides is 1. The number of fused-ring (bicyclic) bond motifs is 1. The van der Waals surface area contributed by atoms with E-state index in [-0.39, 0.29) is 11.8 Å². The van der Waals surface area contributed by atoms with E-state index in [4.69, 9.17) is 9.47 Å². The number of carbonyl (C=O) groups excluding carboxylic acids is 1. The fourth-order valence-corrected chi connectivity index (χ4v) is 3.26. The van der Waals surface area contributed by atoms with E-state index in [9.17, 15) is 4.79 Å². The molecule has 0 radical (unpaired) electrons. The molecule has 0 unspecified atom stereocenters. The van der Waals surface area contributed by atoms with Crippen molar-refractivity contribution in [3.63, 3.8) is 0 Å². The summed E-state index contributed by atoms with van der Waals surface area (Å²) in [7, 11) is 0. The second-order valence-corrected chi connectivity index (χ2v) is 5.91. The Morgan fingerprint density at radius 3 is 2.38 bits per heavy atom. The molecule has 1 aliphatic rings. The van der Waals surface area contributed by atoms with E-state index in [1.54, 1.807) is 0 Å². The van der Waals surface area contributed by atoms with Crippen molar-refractivity contribution in [1.82, 2.24) is 0 Å². The number of carbonyl (C=O) groups is 1.